The van der Waals surface area contributed by atoms with E-state index in [1.54, 1.807) is 0 Å². The normalized spacial score (nSPS) is 18.9. The summed E-state index contributed by atoms with van der Waals surface area (Å²) in [7, 11) is 0. The molecule has 3 aromatic rings. The number of fused-ring (bicyclic) bond motifs is 3. The highest BCUT2D eigenvalue weighted by molar-refractivity contribution is 5.68. The van der Waals surface area contributed by atoms with Crippen LogP contribution in [0, 0.1) is 52.3 Å². The Balaban J connectivity index is 0.000000207. The summed E-state index contributed by atoms with van der Waals surface area (Å²) in [6, 6.07) is 25.8. The molecule has 0 radical (unpaired) electrons. The van der Waals surface area contributed by atoms with Gasteiger partial charge in [-0.3, -0.25) is 4.90 Å². The van der Waals surface area contributed by atoms with Crippen molar-refractivity contribution < 1.29 is 43.1 Å². The van der Waals surface area contributed by atoms with E-state index in [9.17, 15) is 9.90 Å². The topological polar surface area (TPSA) is 177 Å². The molecule has 2 fully saturated rings. The number of nitrogens with zero attached hydrogens (tertiary/aromatic N) is 3. The molecule has 4 aliphatic heterocycles. The predicted molar refractivity (Wildman–Crippen MR) is 247 cm³/mol. The summed E-state index contributed by atoms with van der Waals surface area (Å²) in [6.07, 6.45) is 2.13. The lowest BCUT2D eigenvalue weighted by molar-refractivity contribution is -0.0907. The van der Waals surface area contributed by atoms with E-state index in [0.717, 1.165) is 67.5 Å². The lowest BCUT2D eigenvalue weighted by Crippen LogP contribution is -2.50. The fraction of sp³-hybridized carbons (Fsp3) is 0.588. The first-order chi connectivity index (χ1) is 31.1. The highest BCUT2D eigenvalue weighted by Gasteiger charge is 2.44. The van der Waals surface area contributed by atoms with E-state index < -0.39 is 18.2 Å². The van der Waals surface area contributed by atoms with Crippen LogP contribution in [0.5, 0.6) is 23.0 Å². The molecule has 14 nitrogen and oxygen atoms in total. The predicted octanol–water partition coefficient (Wildman–Crippen LogP) is 8.29. The fourth-order valence-electron chi connectivity index (χ4n) is 8.29. The number of hydrogen-bond acceptors (Lipinski definition) is 13. The monoisotopic (exact) mass is 898 g/mol. The minimum Gasteiger partial charge on any atom is -0.454 e. The van der Waals surface area contributed by atoms with Crippen molar-refractivity contribution in [2.24, 2.45) is 22.7 Å². The zero-order chi connectivity index (χ0) is 46.8. The van der Waals surface area contributed by atoms with Gasteiger partial charge in [-0.25, -0.2) is 4.79 Å². The summed E-state index contributed by atoms with van der Waals surface area (Å²) in [6.45, 7) is 20.7. The largest absolute Gasteiger partial charge is 0.454 e. The van der Waals surface area contributed by atoms with Crippen LogP contribution >= 0.6 is 0 Å². The number of aliphatic hydroxyl groups is 1. The molecule has 7 rings (SSSR count). The van der Waals surface area contributed by atoms with Crippen molar-refractivity contribution in [1.82, 2.24) is 15.5 Å². The number of aryl methyl sites for hydroxylation is 1. The molecule has 4 unspecified atom stereocenters. The molecular weight excluding hydrogens is 827 g/mol. The van der Waals surface area contributed by atoms with Gasteiger partial charge in [-0.2, -0.15) is 10.5 Å². The Morgan fingerprint density at radius 1 is 0.862 bits per heavy atom. The second-order valence-electron chi connectivity index (χ2n) is 19.4. The molecule has 0 bridgehead atoms. The third kappa shape index (κ3) is 17.0. The number of hydrogen-bond donors (Lipinski definition) is 3. The number of amides is 1. The van der Waals surface area contributed by atoms with E-state index in [-0.39, 0.29) is 29.1 Å². The van der Waals surface area contributed by atoms with Crippen LogP contribution in [0.4, 0.5) is 4.79 Å². The quantitative estimate of drug-likeness (QED) is 0.105. The summed E-state index contributed by atoms with van der Waals surface area (Å²) in [4.78, 5) is 15.1. The Kier molecular flexibility index (Phi) is 19.6. The highest BCUT2D eigenvalue weighted by Crippen LogP contribution is 2.35. The maximum atomic E-state index is 12.7. The van der Waals surface area contributed by atoms with Crippen molar-refractivity contribution >= 4 is 6.09 Å². The number of carbonyl (C=O) groups excluding carboxylic acids is 1. The highest BCUT2D eigenvalue weighted by atomic mass is 16.7. The number of nitriles is 2. The summed E-state index contributed by atoms with van der Waals surface area (Å²) in [5.74, 6) is 4.06. The number of ether oxygens (including phenoxy) is 7. The second kappa shape index (κ2) is 25.0. The summed E-state index contributed by atoms with van der Waals surface area (Å²) < 4.78 is 37.8. The molecule has 354 valence electrons. The van der Waals surface area contributed by atoms with E-state index >= 15 is 0 Å². The van der Waals surface area contributed by atoms with E-state index in [0.29, 0.717) is 65.1 Å². The summed E-state index contributed by atoms with van der Waals surface area (Å²) in [5, 5.41) is 34.7. The van der Waals surface area contributed by atoms with Gasteiger partial charge in [-0.1, -0.05) is 84.0 Å². The van der Waals surface area contributed by atoms with Gasteiger partial charge in [-0.15, -0.1) is 0 Å². The Bertz CT molecular complexity index is 2020. The Morgan fingerprint density at radius 2 is 1.51 bits per heavy atom. The molecule has 3 N–H and O–H groups in total. The summed E-state index contributed by atoms with van der Waals surface area (Å²) >= 11 is 0. The van der Waals surface area contributed by atoms with Crippen molar-refractivity contribution in [2.45, 2.75) is 118 Å². The van der Waals surface area contributed by atoms with Crippen molar-refractivity contribution in [3.8, 4) is 35.1 Å². The SMILES string of the molecule is CC(C)(CCC#N)CNCC(O)[C@H](Cc1ccccc1)NC(=O)OC1COC2OCCC12.CC(C)CN(Cc1ccc2c(c1)OCO2)CC(C)(C)CCC#N.Cc1ccc2c(c1)OCO2. The standard InChI is InChI=1S/C24H35N3O5.C19H28N2O2.C8H8O2/c1-24(2,10-6-11-25)16-26-14-20(28)19(13-17-7-4-3-5-8-17)27-23(29)32-21-15-31-22-18(21)9-12-30-22;1-15(2)11-21(13-19(3,4)8-5-9-20)12-16-6-7-17-18(10-16)23-14-22-17;1-6-2-3-7-8(4-6)10-5-9-7/h3-5,7-8,18-22,26,28H,6,9-10,12-16H2,1-2H3,(H,27,29);6-7,10,15H,5,8,11-14H2,1-4H3;2-4H,5H2,1H3/t18?,19-,20?,21?,22?;;/m0../s1. The number of alkyl carbamates (subject to hydrolysis) is 1. The van der Waals surface area contributed by atoms with Crippen LogP contribution in [0.15, 0.2) is 66.7 Å². The molecule has 4 heterocycles. The van der Waals surface area contributed by atoms with E-state index in [1.807, 2.05) is 61.5 Å². The third-order valence-corrected chi connectivity index (χ3v) is 11.7. The van der Waals surface area contributed by atoms with Gasteiger partial charge in [0, 0.05) is 45.6 Å². The minimum atomic E-state index is -0.808. The number of carbonyl (C=O) groups is 1. The molecule has 3 aromatic carbocycles. The Labute approximate surface area is 386 Å². The van der Waals surface area contributed by atoms with E-state index in [1.165, 1.54) is 11.1 Å². The van der Waals surface area contributed by atoms with Crippen LogP contribution in [0.2, 0.25) is 0 Å². The Hall–Kier alpha value is -5.09. The van der Waals surface area contributed by atoms with Crippen molar-refractivity contribution in [2.75, 3.05) is 53.0 Å². The van der Waals surface area contributed by atoms with Crippen LogP contribution in [0.25, 0.3) is 0 Å². The molecule has 0 aliphatic carbocycles. The molecule has 1 amide bonds. The first-order valence-corrected chi connectivity index (χ1v) is 23.0. The van der Waals surface area contributed by atoms with Crippen LogP contribution < -0.4 is 29.6 Å². The van der Waals surface area contributed by atoms with Crippen molar-refractivity contribution in [3.05, 3.63) is 83.4 Å². The lowest BCUT2D eigenvalue weighted by atomic mass is 9.87. The van der Waals surface area contributed by atoms with Crippen LogP contribution in [0.1, 0.15) is 90.3 Å². The molecule has 5 atom stereocenters. The van der Waals surface area contributed by atoms with Gasteiger partial charge >= 0.3 is 6.09 Å². The van der Waals surface area contributed by atoms with Gasteiger partial charge < -0.3 is 48.9 Å². The second-order valence-corrected chi connectivity index (χ2v) is 19.4. The molecule has 0 aromatic heterocycles. The third-order valence-electron chi connectivity index (χ3n) is 11.7. The molecule has 2 saturated heterocycles. The fourth-order valence-corrected chi connectivity index (χ4v) is 8.29. The maximum Gasteiger partial charge on any atom is 0.407 e. The van der Waals surface area contributed by atoms with Crippen LogP contribution in [-0.4, -0.2) is 93.6 Å². The molecule has 4 aliphatic rings. The van der Waals surface area contributed by atoms with Crippen LogP contribution in [-0.2, 0) is 27.2 Å². The number of benzene rings is 3. The first-order valence-electron chi connectivity index (χ1n) is 23.0. The van der Waals surface area contributed by atoms with Gasteiger partial charge in [0.2, 0.25) is 13.6 Å². The van der Waals surface area contributed by atoms with Gasteiger partial charge in [0.15, 0.2) is 29.3 Å². The van der Waals surface area contributed by atoms with Gasteiger partial charge in [0.1, 0.15) is 6.10 Å². The lowest BCUT2D eigenvalue weighted by Gasteiger charge is -2.33. The van der Waals surface area contributed by atoms with E-state index in [2.05, 4.69) is 81.3 Å². The number of rotatable bonds is 19. The number of aliphatic hydroxyl groups excluding tert-OH is 1. The summed E-state index contributed by atoms with van der Waals surface area (Å²) in [5.41, 5.74) is 3.54. The molecular formula is C51H71N5O9. The van der Waals surface area contributed by atoms with Gasteiger partial charge in [-0.05, 0) is 90.3 Å². The van der Waals surface area contributed by atoms with Gasteiger partial charge in [0.25, 0.3) is 0 Å². The molecule has 0 saturated carbocycles. The maximum absolute atomic E-state index is 12.7. The molecule has 14 heteroatoms. The van der Waals surface area contributed by atoms with Crippen molar-refractivity contribution in [3.63, 3.8) is 0 Å². The van der Waals surface area contributed by atoms with Crippen LogP contribution in [0.3, 0.4) is 0 Å². The van der Waals surface area contributed by atoms with E-state index in [4.69, 9.17) is 43.7 Å². The van der Waals surface area contributed by atoms with Gasteiger partial charge in [0.05, 0.1) is 43.4 Å². The minimum absolute atomic E-state index is 0.0564. The average Bonchev–Trinajstić information content (AvgIpc) is 4.09. The smallest absolute Gasteiger partial charge is 0.407 e. The molecule has 0 spiro atoms. The first kappa shape index (κ1) is 50.9. The zero-order valence-corrected chi connectivity index (χ0v) is 39.5. The Morgan fingerprint density at radius 3 is 2.18 bits per heavy atom. The number of nitrogens with one attached hydrogen (secondary N) is 2. The molecule has 65 heavy (non-hydrogen) atoms. The van der Waals surface area contributed by atoms with Crippen molar-refractivity contribution in [1.29, 1.82) is 10.5 Å². The average molecular weight is 898 g/mol. The zero-order valence-electron chi connectivity index (χ0n) is 39.5.